The largest absolute Gasteiger partial charge is 0.444 e. The van der Waals surface area contributed by atoms with Crippen LogP contribution in [0, 0.1) is 0 Å². The van der Waals surface area contributed by atoms with E-state index >= 15 is 0 Å². The van der Waals surface area contributed by atoms with Gasteiger partial charge in [-0.15, -0.1) is 0 Å². The van der Waals surface area contributed by atoms with Crippen molar-refractivity contribution in [3.63, 3.8) is 0 Å². The van der Waals surface area contributed by atoms with Crippen molar-refractivity contribution in [2.45, 2.75) is 38.3 Å². The van der Waals surface area contributed by atoms with E-state index in [4.69, 9.17) is 10.5 Å². The monoisotopic (exact) mass is 267 g/mol. The van der Waals surface area contributed by atoms with E-state index in [-0.39, 0.29) is 6.09 Å². The first-order valence-corrected chi connectivity index (χ1v) is 6.33. The Kier molecular flexibility index (Phi) is 3.25. The van der Waals surface area contributed by atoms with Crippen LogP contribution in [0.4, 0.5) is 4.79 Å². The quantitative estimate of drug-likeness (QED) is 0.805. The van der Waals surface area contributed by atoms with Crippen molar-refractivity contribution in [2.75, 3.05) is 13.1 Å². The normalized spacial score (nSPS) is 23.7. The molecule has 0 saturated carbocycles. The van der Waals surface area contributed by atoms with Crippen LogP contribution < -0.4 is 5.73 Å². The second-order valence-corrected chi connectivity index (χ2v) is 6.03. The highest BCUT2D eigenvalue weighted by atomic mass is 16.6. The van der Waals surface area contributed by atoms with Gasteiger partial charge in [-0.3, -0.25) is 0 Å². The summed E-state index contributed by atoms with van der Waals surface area (Å²) in [5.41, 5.74) is 5.90. The number of amides is 1. The molecule has 1 amide bonds. The molecule has 0 aliphatic carbocycles. The molecule has 1 fully saturated rings. The zero-order valence-corrected chi connectivity index (χ0v) is 11.9. The smallest absolute Gasteiger partial charge is 0.410 e. The van der Waals surface area contributed by atoms with E-state index in [1.54, 1.807) is 18.1 Å². The Balaban J connectivity index is 2.05. The first kappa shape index (κ1) is 13.8. The minimum atomic E-state index is -0.634. The van der Waals surface area contributed by atoms with Gasteiger partial charge >= 0.3 is 6.09 Å². The van der Waals surface area contributed by atoms with Crippen LogP contribution in [0.15, 0.2) is 6.20 Å². The summed E-state index contributed by atoms with van der Waals surface area (Å²) in [6, 6.07) is 0. The van der Waals surface area contributed by atoms with E-state index in [0.29, 0.717) is 25.2 Å². The number of aryl methyl sites for hydroxylation is 1. The summed E-state index contributed by atoms with van der Waals surface area (Å²) in [7, 11) is 1.74. The summed E-state index contributed by atoms with van der Waals surface area (Å²) in [5.74, 6) is 0. The molecule has 1 aromatic rings. The molecule has 1 aliphatic heterocycles. The molecule has 1 unspecified atom stereocenters. The summed E-state index contributed by atoms with van der Waals surface area (Å²) >= 11 is 0. The number of rotatable bonds is 1. The third kappa shape index (κ3) is 3.04. The van der Waals surface area contributed by atoms with Gasteiger partial charge in [0.2, 0.25) is 0 Å². The maximum atomic E-state index is 12.0. The first-order valence-electron chi connectivity index (χ1n) is 6.33. The van der Waals surface area contributed by atoms with Crippen molar-refractivity contribution >= 4 is 6.09 Å². The zero-order valence-electron chi connectivity index (χ0n) is 11.9. The number of hydrogen-bond acceptors (Lipinski definition) is 5. The number of ether oxygens (including phenoxy) is 1. The van der Waals surface area contributed by atoms with Crippen LogP contribution in [0.1, 0.15) is 32.9 Å². The van der Waals surface area contributed by atoms with Gasteiger partial charge in [0.05, 0.1) is 11.7 Å². The number of hydrogen-bond donors (Lipinski definition) is 1. The second kappa shape index (κ2) is 4.48. The standard InChI is InChI=1S/C12H21N5O2/c1-11(2,3)19-10(18)17-6-5-12(13,8-17)9-7-14-16(4)15-9/h7H,5-6,8,13H2,1-4H3. The molecule has 1 aliphatic rings. The Bertz CT molecular complexity index is 479. The van der Waals surface area contributed by atoms with Gasteiger partial charge in [0.1, 0.15) is 11.3 Å². The lowest BCUT2D eigenvalue weighted by Crippen LogP contribution is -2.43. The van der Waals surface area contributed by atoms with Gasteiger partial charge in [-0.1, -0.05) is 0 Å². The molecule has 7 heteroatoms. The van der Waals surface area contributed by atoms with Gasteiger partial charge in [-0.2, -0.15) is 15.0 Å². The van der Waals surface area contributed by atoms with Gasteiger partial charge in [0, 0.05) is 20.1 Å². The zero-order chi connectivity index (χ0) is 14.3. The third-order valence-electron chi connectivity index (χ3n) is 3.06. The molecule has 7 nitrogen and oxygen atoms in total. The predicted octanol–water partition coefficient (Wildman–Crippen LogP) is 0.610. The molecule has 2 N–H and O–H groups in total. The fourth-order valence-corrected chi connectivity index (χ4v) is 2.10. The number of carbonyl (C=O) groups is 1. The molecule has 1 atom stereocenters. The summed E-state index contributed by atoms with van der Waals surface area (Å²) in [5, 5.41) is 8.26. The molecule has 0 radical (unpaired) electrons. The molecule has 1 aromatic heterocycles. The Labute approximate surface area is 112 Å². The molecule has 1 saturated heterocycles. The average molecular weight is 267 g/mol. The molecular formula is C12H21N5O2. The SMILES string of the molecule is Cn1ncc(C2(N)CCN(C(=O)OC(C)(C)C)C2)n1. The topological polar surface area (TPSA) is 86.3 Å². The average Bonchev–Trinajstić information content (AvgIpc) is 2.83. The van der Waals surface area contributed by atoms with Gasteiger partial charge in [0.15, 0.2) is 0 Å². The summed E-state index contributed by atoms with van der Waals surface area (Å²) in [4.78, 5) is 15.1. The van der Waals surface area contributed by atoms with Gasteiger partial charge < -0.3 is 15.4 Å². The van der Waals surface area contributed by atoms with Crippen LogP contribution in [-0.4, -0.2) is 44.7 Å². The summed E-state index contributed by atoms with van der Waals surface area (Å²) in [6.07, 6.45) is 1.98. The minimum Gasteiger partial charge on any atom is -0.444 e. The van der Waals surface area contributed by atoms with Crippen LogP contribution in [0.2, 0.25) is 0 Å². The Morgan fingerprint density at radius 1 is 1.53 bits per heavy atom. The van der Waals surface area contributed by atoms with Crippen LogP contribution >= 0.6 is 0 Å². The molecule has 19 heavy (non-hydrogen) atoms. The van der Waals surface area contributed by atoms with E-state index in [1.807, 2.05) is 20.8 Å². The van der Waals surface area contributed by atoms with Crippen molar-refractivity contribution in [3.8, 4) is 0 Å². The highest BCUT2D eigenvalue weighted by Crippen LogP contribution is 2.28. The van der Waals surface area contributed by atoms with Crippen LogP contribution in [0.3, 0.4) is 0 Å². The third-order valence-corrected chi connectivity index (χ3v) is 3.06. The summed E-state index contributed by atoms with van der Waals surface area (Å²) in [6.45, 7) is 6.51. The lowest BCUT2D eigenvalue weighted by Gasteiger charge is -2.26. The number of nitrogens with zero attached hydrogens (tertiary/aromatic N) is 4. The first-order chi connectivity index (χ1) is 8.70. The van der Waals surface area contributed by atoms with Crippen molar-refractivity contribution in [1.29, 1.82) is 0 Å². The second-order valence-electron chi connectivity index (χ2n) is 6.03. The van der Waals surface area contributed by atoms with Crippen molar-refractivity contribution in [2.24, 2.45) is 12.8 Å². The molecule has 0 spiro atoms. The highest BCUT2D eigenvalue weighted by Gasteiger charge is 2.41. The highest BCUT2D eigenvalue weighted by molar-refractivity contribution is 5.68. The maximum Gasteiger partial charge on any atom is 0.410 e. The number of carbonyl (C=O) groups excluding carboxylic acids is 1. The fraction of sp³-hybridized carbons (Fsp3) is 0.750. The Hall–Kier alpha value is -1.63. The Morgan fingerprint density at radius 3 is 2.74 bits per heavy atom. The number of likely N-dealkylation sites (tertiary alicyclic amines) is 1. The van der Waals surface area contributed by atoms with Gasteiger partial charge in [-0.05, 0) is 27.2 Å². The molecular weight excluding hydrogens is 246 g/mol. The van der Waals surface area contributed by atoms with E-state index < -0.39 is 11.1 Å². The minimum absolute atomic E-state index is 0.330. The number of nitrogens with two attached hydrogens (primary N) is 1. The van der Waals surface area contributed by atoms with E-state index in [9.17, 15) is 4.79 Å². The maximum absolute atomic E-state index is 12.0. The molecule has 2 rings (SSSR count). The van der Waals surface area contributed by atoms with Crippen molar-refractivity contribution < 1.29 is 9.53 Å². The van der Waals surface area contributed by atoms with Crippen LogP contribution in [-0.2, 0) is 17.3 Å². The molecule has 0 bridgehead atoms. The lowest BCUT2D eigenvalue weighted by molar-refractivity contribution is 0.0284. The van der Waals surface area contributed by atoms with Crippen LogP contribution in [0.5, 0.6) is 0 Å². The molecule has 106 valence electrons. The van der Waals surface area contributed by atoms with E-state index in [0.717, 1.165) is 0 Å². The summed E-state index contributed by atoms with van der Waals surface area (Å²) < 4.78 is 5.35. The molecule has 2 heterocycles. The van der Waals surface area contributed by atoms with Crippen molar-refractivity contribution in [1.82, 2.24) is 19.9 Å². The van der Waals surface area contributed by atoms with E-state index in [2.05, 4.69) is 10.2 Å². The predicted molar refractivity (Wildman–Crippen MR) is 69.3 cm³/mol. The van der Waals surface area contributed by atoms with Gasteiger partial charge in [-0.25, -0.2) is 4.79 Å². The van der Waals surface area contributed by atoms with Gasteiger partial charge in [0.25, 0.3) is 0 Å². The fourth-order valence-electron chi connectivity index (χ4n) is 2.10. The van der Waals surface area contributed by atoms with Crippen molar-refractivity contribution in [3.05, 3.63) is 11.9 Å². The van der Waals surface area contributed by atoms with Crippen LogP contribution in [0.25, 0.3) is 0 Å². The molecule has 0 aromatic carbocycles. The van der Waals surface area contributed by atoms with E-state index in [1.165, 1.54) is 4.80 Å². The number of aromatic nitrogens is 3. The lowest BCUT2D eigenvalue weighted by atomic mass is 9.97. The Morgan fingerprint density at radius 2 is 2.21 bits per heavy atom.